The highest BCUT2D eigenvalue weighted by Gasteiger charge is 2.05. The van der Waals surface area contributed by atoms with Crippen LogP contribution in [0, 0.1) is 0 Å². The van der Waals surface area contributed by atoms with Gasteiger partial charge in [0.05, 0.1) is 27.1 Å². The Morgan fingerprint density at radius 2 is 1.06 bits per heavy atom. The van der Waals surface area contributed by atoms with E-state index in [0.717, 1.165) is 25.7 Å². The molecule has 0 aromatic carbocycles. The van der Waals surface area contributed by atoms with Crippen molar-refractivity contribution in [2.45, 2.75) is 52.4 Å². The van der Waals surface area contributed by atoms with Crippen molar-refractivity contribution < 1.29 is 23.9 Å². The van der Waals surface area contributed by atoms with Crippen LogP contribution in [0.15, 0.2) is 0 Å². The molecule has 18 heavy (non-hydrogen) atoms. The maximum absolute atomic E-state index is 10.6. The van der Waals surface area contributed by atoms with Gasteiger partial charge in [-0.2, -0.15) is 0 Å². The monoisotopic (exact) mass is 260 g/mol. The van der Waals surface area contributed by atoms with Crippen LogP contribution in [-0.2, 0) is 23.9 Å². The van der Waals surface area contributed by atoms with Crippen LogP contribution in [-0.4, -0.2) is 31.9 Å². The Morgan fingerprint density at radius 3 is 1.28 bits per heavy atom. The molecule has 0 aromatic rings. The predicted molar refractivity (Wildman–Crippen MR) is 68.1 cm³/mol. The maximum atomic E-state index is 10.6. The second-order valence-electron chi connectivity index (χ2n) is 3.69. The number of ketones is 1. The molecule has 0 N–H and O–H groups in total. The molecule has 0 unspecified atom stereocenters. The number of carbonyl (C=O) groups is 3. The van der Waals surface area contributed by atoms with Crippen molar-refractivity contribution in [3.05, 3.63) is 0 Å². The van der Waals surface area contributed by atoms with E-state index in [1.165, 1.54) is 14.2 Å². The van der Waals surface area contributed by atoms with Crippen LogP contribution in [0.4, 0.5) is 0 Å². The van der Waals surface area contributed by atoms with E-state index in [0.29, 0.717) is 5.78 Å². The lowest BCUT2D eigenvalue weighted by Crippen LogP contribution is -2.06. The molecule has 0 aliphatic heterocycles. The third-order valence-electron chi connectivity index (χ3n) is 2.05. The summed E-state index contributed by atoms with van der Waals surface area (Å²) in [7, 11) is 2.55. The van der Waals surface area contributed by atoms with E-state index >= 15 is 0 Å². The van der Waals surface area contributed by atoms with Crippen molar-refractivity contribution >= 4 is 17.7 Å². The number of hydrogen-bond donors (Lipinski definition) is 0. The van der Waals surface area contributed by atoms with Crippen molar-refractivity contribution in [3.8, 4) is 0 Å². The highest BCUT2D eigenvalue weighted by molar-refractivity contribution is 5.78. The van der Waals surface area contributed by atoms with Crippen LogP contribution in [0.2, 0.25) is 0 Å². The van der Waals surface area contributed by atoms with Gasteiger partial charge in [-0.3, -0.25) is 14.4 Å². The minimum atomic E-state index is -0.398. The van der Waals surface area contributed by atoms with Gasteiger partial charge in [-0.05, 0) is 12.8 Å². The summed E-state index contributed by atoms with van der Waals surface area (Å²) in [6.45, 7) is 4.07. The van der Waals surface area contributed by atoms with Gasteiger partial charge in [-0.25, -0.2) is 0 Å². The molecule has 0 aromatic heterocycles. The SMILES string of the molecule is CCCC(=O)CCC.COC(=O)CCC(=O)OC. The lowest BCUT2D eigenvalue weighted by Gasteiger charge is -1.96. The van der Waals surface area contributed by atoms with Crippen LogP contribution >= 0.6 is 0 Å². The molecule has 0 rings (SSSR count). The first-order valence-electron chi connectivity index (χ1n) is 6.17. The highest BCUT2D eigenvalue weighted by Crippen LogP contribution is 1.95. The number of carbonyl (C=O) groups excluding carboxylic acids is 3. The summed E-state index contributed by atoms with van der Waals surface area (Å²) in [6.07, 6.45) is 3.71. The second kappa shape index (κ2) is 13.7. The molecule has 0 radical (unpaired) electrons. The van der Waals surface area contributed by atoms with E-state index in [-0.39, 0.29) is 12.8 Å². The van der Waals surface area contributed by atoms with Crippen LogP contribution in [0.5, 0.6) is 0 Å². The van der Waals surface area contributed by atoms with Crippen molar-refractivity contribution in [2.75, 3.05) is 14.2 Å². The Morgan fingerprint density at radius 1 is 0.722 bits per heavy atom. The lowest BCUT2D eigenvalue weighted by atomic mass is 10.1. The number of rotatable bonds is 7. The Balaban J connectivity index is 0. The first-order valence-corrected chi connectivity index (χ1v) is 6.17. The van der Waals surface area contributed by atoms with Gasteiger partial charge in [0.1, 0.15) is 5.78 Å². The number of ether oxygens (including phenoxy) is 2. The van der Waals surface area contributed by atoms with Crippen molar-refractivity contribution in [1.82, 2.24) is 0 Å². The Hall–Kier alpha value is -1.39. The van der Waals surface area contributed by atoms with Crippen LogP contribution in [0.25, 0.3) is 0 Å². The molecule has 0 aliphatic rings. The number of hydrogen-bond acceptors (Lipinski definition) is 5. The molecule has 5 heteroatoms. The first-order chi connectivity index (χ1) is 8.51. The summed E-state index contributed by atoms with van der Waals surface area (Å²) in [6, 6.07) is 0. The summed E-state index contributed by atoms with van der Waals surface area (Å²) < 4.78 is 8.60. The zero-order valence-corrected chi connectivity index (χ0v) is 11.8. The van der Waals surface area contributed by atoms with Gasteiger partial charge in [0, 0.05) is 12.8 Å². The van der Waals surface area contributed by atoms with E-state index in [1.807, 2.05) is 13.8 Å². The molecule has 0 heterocycles. The summed E-state index contributed by atoms with van der Waals surface area (Å²) in [4.78, 5) is 31.4. The summed E-state index contributed by atoms with van der Waals surface area (Å²) >= 11 is 0. The molecule has 0 amide bonds. The van der Waals surface area contributed by atoms with E-state index in [2.05, 4.69) is 9.47 Å². The van der Waals surface area contributed by atoms with E-state index in [4.69, 9.17) is 0 Å². The quantitative estimate of drug-likeness (QED) is 0.657. The number of Topliss-reactive ketones (excluding diaryl/α,β-unsaturated/α-hetero) is 1. The second-order valence-corrected chi connectivity index (χ2v) is 3.69. The summed E-state index contributed by atoms with van der Waals surface area (Å²) in [5.74, 6) is -0.384. The molecular weight excluding hydrogens is 236 g/mol. The van der Waals surface area contributed by atoms with Crippen molar-refractivity contribution in [1.29, 1.82) is 0 Å². The average Bonchev–Trinajstić information content (AvgIpc) is 2.36. The topological polar surface area (TPSA) is 69.7 Å². The van der Waals surface area contributed by atoms with E-state index in [1.54, 1.807) is 0 Å². The van der Waals surface area contributed by atoms with Gasteiger partial charge in [-0.15, -0.1) is 0 Å². The predicted octanol–water partition coefficient (Wildman–Crippen LogP) is 2.27. The maximum Gasteiger partial charge on any atom is 0.306 e. The van der Waals surface area contributed by atoms with Crippen molar-refractivity contribution in [3.63, 3.8) is 0 Å². The molecule has 5 nitrogen and oxygen atoms in total. The zero-order chi connectivity index (χ0) is 14.4. The van der Waals surface area contributed by atoms with Gasteiger partial charge in [0.15, 0.2) is 0 Å². The summed E-state index contributed by atoms with van der Waals surface area (Å²) in [5.41, 5.74) is 0. The molecule has 0 aliphatic carbocycles. The smallest absolute Gasteiger partial charge is 0.306 e. The standard InChI is InChI=1S/C7H14O.C6H10O4/c1-3-5-7(8)6-4-2;1-9-5(7)3-4-6(8)10-2/h3-6H2,1-2H3;3-4H2,1-2H3. The Bertz CT molecular complexity index is 224. The van der Waals surface area contributed by atoms with Crippen LogP contribution in [0.1, 0.15) is 52.4 Å². The Kier molecular flexibility index (Phi) is 14.4. The normalized spacial score (nSPS) is 8.89. The van der Waals surface area contributed by atoms with Gasteiger partial charge >= 0.3 is 11.9 Å². The Labute approximate surface area is 109 Å². The lowest BCUT2D eigenvalue weighted by molar-refractivity contribution is -0.147. The molecule has 0 atom stereocenters. The third-order valence-corrected chi connectivity index (χ3v) is 2.05. The van der Waals surface area contributed by atoms with Gasteiger partial charge in [-0.1, -0.05) is 13.8 Å². The minimum Gasteiger partial charge on any atom is -0.469 e. The molecule has 106 valence electrons. The van der Waals surface area contributed by atoms with Crippen molar-refractivity contribution in [2.24, 2.45) is 0 Å². The van der Waals surface area contributed by atoms with Gasteiger partial charge in [0.2, 0.25) is 0 Å². The molecule has 0 saturated carbocycles. The number of esters is 2. The fourth-order valence-electron chi connectivity index (χ4n) is 1.09. The summed E-state index contributed by atoms with van der Waals surface area (Å²) in [5, 5.41) is 0. The fraction of sp³-hybridized carbons (Fsp3) is 0.769. The first kappa shape index (κ1) is 19.0. The highest BCUT2D eigenvalue weighted by atomic mass is 16.5. The van der Waals surface area contributed by atoms with E-state index < -0.39 is 11.9 Å². The molecule has 0 bridgehead atoms. The van der Waals surface area contributed by atoms with Crippen LogP contribution in [0.3, 0.4) is 0 Å². The van der Waals surface area contributed by atoms with Gasteiger partial charge < -0.3 is 9.47 Å². The van der Waals surface area contributed by atoms with Gasteiger partial charge in [0.25, 0.3) is 0 Å². The fourth-order valence-corrected chi connectivity index (χ4v) is 1.09. The minimum absolute atomic E-state index is 0.0865. The number of methoxy groups -OCH3 is 2. The molecule has 0 spiro atoms. The largest absolute Gasteiger partial charge is 0.469 e. The van der Waals surface area contributed by atoms with Crippen LogP contribution < -0.4 is 0 Å². The zero-order valence-electron chi connectivity index (χ0n) is 11.8. The average molecular weight is 260 g/mol. The third kappa shape index (κ3) is 14.6. The molecular formula is C13H24O5. The molecule has 0 fully saturated rings. The van der Waals surface area contributed by atoms with E-state index in [9.17, 15) is 14.4 Å². The molecule has 0 saturated heterocycles.